The van der Waals surface area contributed by atoms with Gasteiger partial charge in [-0.1, -0.05) is 30.3 Å². The van der Waals surface area contributed by atoms with E-state index in [-0.39, 0.29) is 5.97 Å². The number of thioether (sulfide) groups is 1. The maximum Gasteiger partial charge on any atom is 0.316 e. The van der Waals surface area contributed by atoms with Gasteiger partial charge in [0.05, 0.1) is 11.8 Å². The molecular formula is C12H13NO2S. The Bertz CT molecular complexity index is 359. The van der Waals surface area contributed by atoms with E-state index in [2.05, 4.69) is 0 Å². The molecule has 0 saturated heterocycles. The second-order valence-electron chi connectivity index (χ2n) is 3.11. The van der Waals surface area contributed by atoms with Crippen molar-refractivity contribution < 1.29 is 9.53 Å². The van der Waals surface area contributed by atoms with E-state index in [4.69, 9.17) is 10.00 Å². The zero-order valence-electron chi connectivity index (χ0n) is 8.89. The second-order valence-corrected chi connectivity index (χ2v) is 4.21. The predicted octanol–water partition coefficient (Wildman–Crippen LogP) is 2.38. The van der Waals surface area contributed by atoms with Gasteiger partial charge in [0, 0.05) is 12.2 Å². The molecule has 0 amide bonds. The zero-order valence-corrected chi connectivity index (χ0v) is 9.70. The van der Waals surface area contributed by atoms with Gasteiger partial charge < -0.3 is 4.74 Å². The summed E-state index contributed by atoms with van der Waals surface area (Å²) >= 11 is 1.42. The zero-order chi connectivity index (χ0) is 11.6. The number of nitrogens with zero attached hydrogens (tertiary/aromatic N) is 1. The molecule has 0 N–H and O–H groups in total. The summed E-state index contributed by atoms with van der Waals surface area (Å²) in [5.41, 5.74) is 0.984. The molecule has 16 heavy (non-hydrogen) atoms. The highest BCUT2D eigenvalue weighted by Crippen LogP contribution is 2.05. The average molecular weight is 235 g/mol. The quantitative estimate of drug-likeness (QED) is 0.561. The lowest BCUT2D eigenvalue weighted by Gasteiger charge is -2.03. The van der Waals surface area contributed by atoms with Crippen molar-refractivity contribution in [2.75, 3.05) is 11.5 Å². The predicted molar refractivity (Wildman–Crippen MR) is 63.8 cm³/mol. The molecule has 0 aliphatic rings. The molecular weight excluding hydrogens is 222 g/mol. The van der Waals surface area contributed by atoms with Gasteiger partial charge in [-0.15, -0.1) is 11.8 Å². The summed E-state index contributed by atoms with van der Waals surface area (Å²) in [5, 5.41) is 8.30. The van der Waals surface area contributed by atoms with Gasteiger partial charge >= 0.3 is 5.97 Å². The number of ether oxygens (including phenoxy) is 1. The van der Waals surface area contributed by atoms with Crippen LogP contribution in [0.25, 0.3) is 0 Å². The van der Waals surface area contributed by atoms with Gasteiger partial charge in [0.15, 0.2) is 0 Å². The standard InChI is InChI=1S/C12H13NO2S/c13-7-4-8-16-10-12(14)15-9-11-5-2-1-3-6-11/h1-3,5-6H,4,8-10H2. The lowest BCUT2D eigenvalue weighted by Crippen LogP contribution is -2.07. The van der Waals surface area contributed by atoms with E-state index in [1.807, 2.05) is 36.4 Å². The number of benzene rings is 1. The monoisotopic (exact) mass is 235 g/mol. The molecule has 0 unspecified atom stereocenters. The van der Waals surface area contributed by atoms with Gasteiger partial charge in [-0.2, -0.15) is 5.26 Å². The molecule has 0 aliphatic heterocycles. The van der Waals surface area contributed by atoms with Crippen molar-refractivity contribution in [1.29, 1.82) is 5.26 Å². The van der Waals surface area contributed by atoms with Crippen molar-refractivity contribution in [2.24, 2.45) is 0 Å². The Hall–Kier alpha value is -1.47. The van der Waals surface area contributed by atoms with E-state index >= 15 is 0 Å². The van der Waals surface area contributed by atoms with Crippen LogP contribution in [-0.2, 0) is 16.1 Å². The highest BCUT2D eigenvalue weighted by molar-refractivity contribution is 7.99. The molecule has 4 heteroatoms. The molecule has 0 aliphatic carbocycles. The molecule has 1 aromatic carbocycles. The molecule has 0 radical (unpaired) electrons. The SMILES string of the molecule is N#CCCSCC(=O)OCc1ccccc1. The van der Waals surface area contributed by atoms with E-state index in [1.165, 1.54) is 11.8 Å². The smallest absolute Gasteiger partial charge is 0.316 e. The first kappa shape index (κ1) is 12.6. The van der Waals surface area contributed by atoms with E-state index in [9.17, 15) is 4.79 Å². The lowest BCUT2D eigenvalue weighted by atomic mass is 10.2. The first-order chi connectivity index (χ1) is 7.83. The number of rotatable bonds is 6. The van der Waals surface area contributed by atoms with E-state index in [0.717, 1.165) is 5.56 Å². The normalized spacial score (nSPS) is 9.44. The minimum Gasteiger partial charge on any atom is -0.460 e. The van der Waals surface area contributed by atoms with Crippen molar-refractivity contribution in [1.82, 2.24) is 0 Å². The summed E-state index contributed by atoms with van der Waals surface area (Å²) in [6.07, 6.45) is 0.469. The van der Waals surface area contributed by atoms with Gasteiger partial charge in [0.25, 0.3) is 0 Å². The molecule has 3 nitrogen and oxygen atoms in total. The Morgan fingerprint density at radius 2 is 2.12 bits per heavy atom. The number of hydrogen-bond donors (Lipinski definition) is 0. The molecule has 0 heterocycles. The van der Waals surface area contributed by atoms with Crippen molar-refractivity contribution in [3.05, 3.63) is 35.9 Å². The fraction of sp³-hybridized carbons (Fsp3) is 0.333. The second kappa shape index (κ2) is 7.77. The van der Waals surface area contributed by atoms with E-state index in [1.54, 1.807) is 0 Å². The van der Waals surface area contributed by atoms with Gasteiger partial charge in [0.2, 0.25) is 0 Å². The molecule has 0 spiro atoms. The van der Waals surface area contributed by atoms with E-state index < -0.39 is 0 Å². The Morgan fingerprint density at radius 1 is 1.38 bits per heavy atom. The first-order valence-corrected chi connectivity index (χ1v) is 6.12. The Labute approximate surface area is 99.4 Å². The average Bonchev–Trinajstić information content (AvgIpc) is 2.33. The summed E-state index contributed by atoms with van der Waals surface area (Å²) in [4.78, 5) is 11.3. The third-order valence-electron chi connectivity index (χ3n) is 1.82. The van der Waals surface area contributed by atoms with Crippen LogP contribution in [0.15, 0.2) is 30.3 Å². The Morgan fingerprint density at radius 3 is 2.81 bits per heavy atom. The van der Waals surface area contributed by atoms with Gasteiger partial charge in [-0.3, -0.25) is 4.79 Å². The Balaban J connectivity index is 2.14. The van der Waals surface area contributed by atoms with Crippen molar-refractivity contribution in [2.45, 2.75) is 13.0 Å². The summed E-state index contributed by atoms with van der Waals surface area (Å²) < 4.78 is 5.07. The summed E-state index contributed by atoms with van der Waals surface area (Å²) in [6.45, 7) is 0.318. The van der Waals surface area contributed by atoms with Crippen LogP contribution in [0, 0.1) is 11.3 Å². The third-order valence-corrected chi connectivity index (χ3v) is 2.75. The number of nitriles is 1. The molecule has 84 valence electrons. The van der Waals surface area contributed by atoms with Crippen LogP contribution in [0.3, 0.4) is 0 Å². The minimum atomic E-state index is -0.230. The lowest BCUT2D eigenvalue weighted by molar-refractivity contribution is -0.141. The van der Waals surface area contributed by atoms with Crippen molar-refractivity contribution in [3.8, 4) is 6.07 Å². The molecule has 0 saturated carbocycles. The van der Waals surface area contributed by atoms with Gasteiger partial charge in [-0.25, -0.2) is 0 Å². The number of esters is 1. The first-order valence-electron chi connectivity index (χ1n) is 4.97. The summed E-state index contributed by atoms with van der Waals surface area (Å²) in [5.74, 6) is 0.762. The summed E-state index contributed by atoms with van der Waals surface area (Å²) in [6, 6.07) is 11.6. The van der Waals surface area contributed by atoms with Crippen LogP contribution in [0.5, 0.6) is 0 Å². The van der Waals surface area contributed by atoms with Crippen LogP contribution >= 0.6 is 11.8 Å². The molecule has 0 bridgehead atoms. The highest BCUT2D eigenvalue weighted by atomic mass is 32.2. The minimum absolute atomic E-state index is 0.230. The molecule has 0 fully saturated rings. The van der Waals surface area contributed by atoms with Crippen LogP contribution in [-0.4, -0.2) is 17.5 Å². The largest absolute Gasteiger partial charge is 0.460 e. The number of carbonyl (C=O) groups excluding carboxylic acids is 1. The number of carbonyl (C=O) groups is 1. The Kier molecular flexibility index (Phi) is 6.12. The van der Waals surface area contributed by atoms with Gasteiger partial charge in [0.1, 0.15) is 6.61 Å². The fourth-order valence-corrected chi connectivity index (χ4v) is 1.68. The number of hydrogen-bond acceptors (Lipinski definition) is 4. The van der Waals surface area contributed by atoms with Gasteiger partial charge in [-0.05, 0) is 5.56 Å². The van der Waals surface area contributed by atoms with Crippen molar-refractivity contribution >= 4 is 17.7 Å². The topological polar surface area (TPSA) is 50.1 Å². The van der Waals surface area contributed by atoms with Crippen LogP contribution < -0.4 is 0 Å². The van der Waals surface area contributed by atoms with Crippen LogP contribution in [0.2, 0.25) is 0 Å². The molecule has 1 aromatic rings. The molecule has 0 atom stereocenters. The highest BCUT2D eigenvalue weighted by Gasteiger charge is 2.02. The third kappa shape index (κ3) is 5.42. The summed E-state index contributed by atoms with van der Waals surface area (Å²) in [7, 11) is 0. The maximum atomic E-state index is 11.3. The van der Waals surface area contributed by atoms with Crippen LogP contribution in [0.1, 0.15) is 12.0 Å². The van der Waals surface area contributed by atoms with E-state index in [0.29, 0.717) is 24.5 Å². The maximum absolute atomic E-state index is 11.3. The van der Waals surface area contributed by atoms with Crippen LogP contribution in [0.4, 0.5) is 0 Å². The van der Waals surface area contributed by atoms with Crippen molar-refractivity contribution in [3.63, 3.8) is 0 Å². The molecule has 1 rings (SSSR count). The fourth-order valence-electron chi connectivity index (χ4n) is 1.05. The molecule has 0 aromatic heterocycles.